The van der Waals surface area contributed by atoms with Gasteiger partial charge in [0.1, 0.15) is 5.82 Å². The van der Waals surface area contributed by atoms with E-state index in [4.69, 9.17) is 4.42 Å². The highest BCUT2D eigenvalue weighted by Crippen LogP contribution is 2.26. The molecule has 0 bridgehead atoms. The van der Waals surface area contributed by atoms with Gasteiger partial charge in [-0.1, -0.05) is 12.1 Å². The van der Waals surface area contributed by atoms with Crippen molar-refractivity contribution in [1.82, 2.24) is 10.2 Å². The van der Waals surface area contributed by atoms with E-state index in [9.17, 15) is 9.18 Å². The standard InChI is InChI=1S/C15H14BrFN2O2.ClH/c16-14-5-4-13(21-14)15(20)19-7-6-18-9-12(19)10-2-1-3-11(17)8-10;/h1-5,8,12,18H,6-7,9H2;1H. The quantitative estimate of drug-likeness (QED) is 0.856. The van der Waals surface area contributed by atoms with E-state index in [1.54, 1.807) is 23.1 Å². The number of carbonyl (C=O) groups excluding carboxylic acids is 1. The van der Waals surface area contributed by atoms with Crippen LogP contribution in [0.3, 0.4) is 0 Å². The third kappa shape index (κ3) is 3.51. The smallest absolute Gasteiger partial charge is 0.290 e. The molecule has 0 radical (unpaired) electrons. The van der Waals surface area contributed by atoms with E-state index in [1.165, 1.54) is 12.1 Å². The number of nitrogens with zero attached hydrogens (tertiary/aromatic N) is 1. The number of carbonyl (C=O) groups is 1. The second-order valence-electron chi connectivity index (χ2n) is 4.88. The molecule has 1 atom stereocenters. The van der Waals surface area contributed by atoms with Gasteiger partial charge in [-0.15, -0.1) is 12.4 Å². The highest BCUT2D eigenvalue weighted by molar-refractivity contribution is 9.10. The molecule has 1 N–H and O–H groups in total. The van der Waals surface area contributed by atoms with Crippen molar-refractivity contribution in [1.29, 1.82) is 0 Å². The predicted molar refractivity (Wildman–Crippen MR) is 86.7 cm³/mol. The zero-order chi connectivity index (χ0) is 14.8. The first kappa shape index (κ1) is 17.0. The monoisotopic (exact) mass is 388 g/mol. The van der Waals surface area contributed by atoms with Gasteiger partial charge in [-0.3, -0.25) is 4.79 Å². The fraction of sp³-hybridized carbons (Fsp3) is 0.267. The van der Waals surface area contributed by atoms with Gasteiger partial charge in [-0.2, -0.15) is 0 Å². The van der Waals surface area contributed by atoms with Crippen molar-refractivity contribution < 1.29 is 13.6 Å². The third-order valence-electron chi connectivity index (χ3n) is 3.52. The molecule has 118 valence electrons. The van der Waals surface area contributed by atoms with E-state index < -0.39 is 0 Å². The molecular formula is C15H15BrClFN2O2. The van der Waals surface area contributed by atoms with Gasteiger partial charge in [0.05, 0.1) is 6.04 Å². The molecule has 1 aromatic carbocycles. The largest absolute Gasteiger partial charge is 0.444 e. The molecule has 1 aromatic heterocycles. The number of piperazine rings is 1. The Morgan fingerprint density at radius 2 is 2.18 bits per heavy atom. The van der Waals surface area contributed by atoms with Crippen molar-refractivity contribution in [3.05, 3.63) is 58.2 Å². The highest BCUT2D eigenvalue weighted by atomic mass is 79.9. The van der Waals surface area contributed by atoms with Gasteiger partial charge in [0.2, 0.25) is 0 Å². The summed E-state index contributed by atoms with van der Waals surface area (Å²) in [6, 6.07) is 9.48. The van der Waals surface area contributed by atoms with Crippen molar-refractivity contribution in [2.75, 3.05) is 19.6 Å². The Kier molecular flexibility index (Phi) is 5.61. The first-order valence-electron chi connectivity index (χ1n) is 6.67. The lowest BCUT2D eigenvalue weighted by molar-refractivity contribution is 0.0600. The minimum absolute atomic E-state index is 0. The lowest BCUT2D eigenvalue weighted by atomic mass is 10.0. The molecule has 1 amide bonds. The molecule has 2 aromatic rings. The van der Waals surface area contributed by atoms with Crippen LogP contribution < -0.4 is 5.32 Å². The van der Waals surface area contributed by atoms with Gasteiger partial charge in [0, 0.05) is 19.6 Å². The van der Waals surface area contributed by atoms with Gasteiger partial charge >= 0.3 is 0 Å². The first-order valence-corrected chi connectivity index (χ1v) is 7.47. The molecule has 1 aliphatic rings. The summed E-state index contributed by atoms with van der Waals surface area (Å²) in [6.45, 7) is 1.86. The van der Waals surface area contributed by atoms with E-state index in [2.05, 4.69) is 21.2 Å². The van der Waals surface area contributed by atoms with Gasteiger partial charge in [-0.05, 0) is 45.8 Å². The Morgan fingerprint density at radius 3 is 2.86 bits per heavy atom. The van der Waals surface area contributed by atoms with Crippen molar-refractivity contribution >= 4 is 34.2 Å². The SMILES string of the molecule is Cl.O=C(c1ccc(Br)o1)N1CCNCC1c1cccc(F)c1. The summed E-state index contributed by atoms with van der Waals surface area (Å²) in [4.78, 5) is 14.3. The number of halogens is 3. The maximum atomic E-state index is 13.4. The number of benzene rings is 1. The molecular weight excluding hydrogens is 375 g/mol. The summed E-state index contributed by atoms with van der Waals surface area (Å²) in [5.74, 6) is -0.201. The molecule has 0 aliphatic carbocycles. The number of nitrogens with one attached hydrogen (secondary N) is 1. The summed E-state index contributed by atoms with van der Waals surface area (Å²) >= 11 is 3.19. The zero-order valence-electron chi connectivity index (χ0n) is 11.6. The van der Waals surface area contributed by atoms with Gasteiger partial charge in [0.15, 0.2) is 10.4 Å². The predicted octanol–water partition coefficient (Wildman–Crippen LogP) is 3.39. The van der Waals surface area contributed by atoms with Crippen LogP contribution in [0.1, 0.15) is 22.2 Å². The molecule has 2 heterocycles. The number of hydrogen-bond donors (Lipinski definition) is 1. The molecule has 1 aliphatic heterocycles. The van der Waals surface area contributed by atoms with E-state index >= 15 is 0 Å². The van der Waals surface area contributed by atoms with Crippen LogP contribution in [0.5, 0.6) is 0 Å². The lowest BCUT2D eigenvalue weighted by Crippen LogP contribution is -2.48. The van der Waals surface area contributed by atoms with Crippen LogP contribution in [0.15, 0.2) is 45.5 Å². The summed E-state index contributed by atoms with van der Waals surface area (Å²) in [7, 11) is 0. The van der Waals surface area contributed by atoms with Crippen LogP contribution in [0.4, 0.5) is 4.39 Å². The summed E-state index contributed by atoms with van der Waals surface area (Å²) < 4.78 is 19.3. The Hall–Kier alpha value is -1.37. The topological polar surface area (TPSA) is 45.5 Å². The van der Waals surface area contributed by atoms with Crippen molar-refractivity contribution in [3.63, 3.8) is 0 Å². The average Bonchev–Trinajstić information content (AvgIpc) is 2.93. The molecule has 1 unspecified atom stereocenters. The Balaban J connectivity index is 0.00000176. The second-order valence-corrected chi connectivity index (χ2v) is 5.66. The van der Waals surface area contributed by atoms with Crippen LogP contribution in [-0.2, 0) is 0 Å². The average molecular weight is 390 g/mol. The van der Waals surface area contributed by atoms with E-state index in [0.717, 1.165) is 5.56 Å². The first-order chi connectivity index (χ1) is 10.1. The summed E-state index contributed by atoms with van der Waals surface area (Å²) in [5.41, 5.74) is 0.779. The number of furan rings is 1. The normalized spacial score (nSPS) is 17.9. The maximum absolute atomic E-state index is 13.4. The molecule has 0 spiro atoms. The van der Waals surface area contributed by atoms with E-state index in [1.807, 2.05) is 6.07 Å². The van der Waals surface area contributed by atoms with Crippen LogP contribution in [-0.4, -0.2) is 30.4 Å². The minimum atomic E-state index is -0.300. The van der Waals surface area contributed by atoms with Crippen molar-refractivity contribution in [2.24, 2.45) is 0 Å². The Bertz CT molecular complexity index is 664. The fourth-order valence-electron chi connectivity index (χ4n) is 2.53. The summed E-state index contributed by atoms with van der Waals surface area (Å²) in [5, 5.41) is 3.24. The molecule has 1 saturated heterocycles. The van der Waals surface area contributed by atoms with E-state index in [0.29, 0.717) is 24.3 Å². The molecule has 1 fully saturated rings. The number of rotatable bonds is 2. The van der Waals surface area contributed by atoms with E-state index in [-0.39, 0.29) is 35.9 Å². The number of hydrogen-bond acceptors (Lipinski definition) is 3. The molecule has 0 saturated carbocycles. The van der Waals surface area contributed by atoms with Crippen LogP contribution in [0, 0.1) is 5.82 Å². The third-order valence-corrected chi connectivity index (χ3v) is 3.95. The van der Waals surface area contributed by atoms with Crippen LogP contribution in [0.25, 0.3) is 0 Å². The molecule has 3 rings (SSSR count). The van der Waals surface area contributed by atoms with Gasteiger partial charge in [0.25, 0.3) is 5.91 Å². The zero-order valence-corrected chi connectivity index (χ0v) is 14.0. The van der Waals surface area contributed by atoms with Crippen molar-refractivity contribution in [3.8, 4) is 0 Å². The summed E-state index contributed by atoms with van der Waals surface area (Å²) in [6.07, 6.45) is 0. The van der Waals surface area contributed by atoms with Crippen LogP contribution in [0.2, 0.25) is 0 Å². The maximum Gasteiger partial charge on any atom is 0.290 e. The molecule has 22 heavy (non-hydrogen) atoms. The molecule has 4 nitrogen and oxygen atoms in total. The highest BCUT2D eigenvalue weighted by Gasteiger charge is 2.30. The van der Waals surface area contributed by atoms with Crippen molar-refractivity contribution in [2.45, 2.75) is 6.04 Å². The Morgan fingerprint density at radius 1 is 1.36 bits per heavy atom. The Labute approximate surface area is 142 Å². The lowest BCUT2D eigenvalue weighted by Gasteiger charge is -2.36. The van der Waals surface area contributed by atoms with Gasteiger partial charge in [-0.25, -0.2) is 4.39 Å². The second kappa shape index (κ2) is 7.26. The minimum Gasteiger partial charge on any atom is -0.444 e. The number of amides is 1. The van der Waals surface area contributed by atoms with Gasteiger partial charge < -0.3 is 14.6 Å². The molecule has 7 heteroatoms. The fourth-order valence-corrected chi connectivity index (χ4v) is 2.84. The van der Waals surface area contributed by atoms with Crippen LogP contribution >= 0.6 is 28.3 Å².